The zero-order valence-electron chi connectivity index (χ0n) is 10.9. The van der Waals surface area contributed by atoms with Crippen LogP contribution in [0, 0.1) is 0 Å². The van der Waals surface area contributed by atoms with E-state index < -0.39 is 12.5 Å². The van der Waals surface area contributed by atoms with Crippen LogP contribution in [0.5, 0.6) is 0 Å². The molecule has 21 heavy (non-hydrogen) atoms. The Morgan fingerprint density at radius 1 is 1.38 bits per heavy atom. The number of aliphatic hydroxyl groups is 1. The monoisotopic (exact) mass is 365 g/mol. The number of carbonyl (C=O) groups excluding carboxylic acids is 1. The van der Waals surface area contributed by atoms with Gasteiger partial charge in [-0.05, 0) is 17.7 Å². The highest BCUT2D eigenvalue weighted by atomic mass is 79.9. The molecule has 108 valence electrons. The van der Waals surface area contributed by atoms with Crippen LogP contribution < -0.4 is 5.32 Å². The summed E-state index contributed by atoms with van der Waals surface area (Å²) in [4.78, 5) is 16.4. The number of nitrogens with one attached hydrogen (secondary N) is 1. The second kappa shape index (κ2) is 5.97. The van der Waals surface area contributed by atoms with Gasteiger partial charge in [-0.2, -0.15) is 0 Å². The molecule has 3 aromatic rings. The van der Waals surface area contributed by atoms with Crippen LogP contribution in [0.3, 0.4) is 0 Å². The summed E-state index contributed by atoms with van der Waals surface area (Å²) in [5.41, 5.74) is 3.00. The Morgan fingerprint density at radius 3 is 2.86 bits per heavy atom. The third-order valence-electron chi connectivity index (χ3n) is 3.07. The number of nitrogens with zero attached hydrogens (tertiary/aromatic N) is 2. The van der Waals surface area contributed by atoms with Crippen molar-refractivity contribution in [1.29, 1.82) is 0 Å². The van der Waals surface area contributed by atoms with Crippen LogP contribution in [0.4, 0.5) is 0 Å². The Kier molecular flexibility index (Phi) is 4.05. The number of amides is 1. The predicted molar refractivity (Wildman–Crippen MR) is 85.1 cm³/mol. The number of halogens is 1. The highest BCUT2D eigenvalue weighted by Gasteiger charge is 2.12. The Labute approximate surface area is 133 Å². The molecule has 0 aliphatic heterocycles. The lowest BCUT2D eigenvalue weighted by molar-refractivity contribution is -0.123. The smallest absolute Gasteiger partial charge is 0.246 e. The van der Waals surface area contributed by atoms with Crippen molar-refractivity contribution < 1.29 is 9.90 Å². The third-order valence-corrected chi connectivity index (χ3v) is 4.44. The molecule has 0 aliphatic rings. The average molecular weight is 366 g/mol. The summed E-state index contributed by atoms with van der Waals surface area (Å²) in [6.07, 6.45) is 1.74. The van der Waals surface area contributed by atoms with Crippen molar-refractivity contribution in [3.63, 3.8) is 0 Å². The number of aromatic nitrogens is 2. The van der Waals surface area contributed by atoms with Crippen LogP contribution in [0.1, 0.15) is 5.69 Å². The third kappa shape index (κ3) is 2.85. The molecule has 0 aliphatic carbocycles. The van der Waals surface area contributed by atoms with Gasteiger partial charge in [0.25, 0.3) is 0 Å². The molecule has 0 saturated carbocycles. The first-order chi connectivity index (χ1) is 10.2. The minimum absolute atomic E-state index is 0.334. The number of carbonyl (C=O) groups is 1. The van der Waals surface area contributed by atoms with Crippen molar-refractivity contribution in [1.82, 2.24) is 14.7 Å². The van der Waals surface area contributed by atoms with Crippen molar-refractivity contribution in [2.24, 2.45) is 0 Å². The van der Waals surface area contributed by atoms with Gasteiger partial charge in [0.05, 0.1) is 24.1 Å². The largest absolute Gasteiger partial charge is 0.387 e. The van der Waals surface area contributed by atoms with Crippen LogP contribution in [0.15, 0.2) is 40.3 Å². The molecule has 1 aromatic carbocycles. The van der Waals surface area contributed by atoms with Crippen LogP contribution in [0.25, 0.3) is 16.2 Å². The average Bonchev–Trinajstić information content (AvgIpc) is 3.08. The predicted octanol–water partition coefficient (Wildman–Crippen LogP) is 2.43. The maximum Gasteiger partial charge on any atom is 0.246 e. The van der Waals surface area contributed by atoms with E-state index in [0.29, 0.717) is 6.54 Å². The van der Waals surface area contributed by atoms with Gasteiger partial charge < -0.3 is 10.4 Å². The lowest BCUT2D eigenvalue weighted by Gasteiger charge is -2.06. The van der Waals surface area contributed by atoms with Gasteiger partial charge in [-0.3, -0.25) is 9.20 Å². The number of thiazole rings is 1. The van der Waals surface area contributed by atoms with Crippen molar-refractivity contribution >= 4 is 38.1 Å². The summed E-state index contributed by atoms with van der Waals surface area (Å²) in [6, 6.07) is 8.04. The summed E-state index contributed by atoms with van der Waals surface area (Å²) in [5.74, 6) is -0.398. The van der Waals surface area contributed by atoms with Crippen LogP contribution >= 0.6 is 27.3 Å². The van der Waals surface area contributed by atoms with E-state index in [1.54, 1.807) is 17.5 Å². The van der Waals surface area contributed by atoms with Gasteiger partial charge in [-0.15, -0.1) is 11.3 Å². The molecular weight excluding hydrogens is 354 g/mol. The number of rotatable bonds is 4. The van der Waals surface area contributed by atoms with Crippen molar-refractivity contribution in [3.8, 4) is 11.3 Å². The summed E-state index contributed by atoms with van der Waals surface area (Å²) in [6.45, 7) is -0.175. The molecule has 0 radical (unpaired) electrons. The normalized spacial score (nSPS) is 11.0. The molecule has 2 N–H and O–H groups in total. The number of hydrogen-bond acceptors (Lipinski definition) is 4. The molecule has 0 saturated heterocycles. The standard InChI is InChI=1S/C14H12BrN3O2S/c15-10-3-1-9(2-4-10)12-8-21-14-17-6-11(18(12)14)5-16-13(20)7-19/h1-4,6,8,19H,5,7H2,(H,16,20). The molecule has 1 amide bonds. The van der Waals surface area contributed by atoms with Crippen LogP contribution in [0.2, 0.25) is 0 Å². The fourth-order valence-corrected chi connectivity index (χ4v) is 3.22. The molecule has 5 nitrogen and oxygen atoms in total. The van der Waals surface area contributed by atoms with Crippen LogP contribution in [-0.4, -0.2) is 27.0 Å². The first kappa shape index (κ1) is 14.2. The minimum atomic E-state index is -0.509. The van der Waals surface area contributed by atoms with Gasteiger partial charge in [0, 0.05) is 9.85 Å². The van der Waals surface area contributed by atoms with E-state index >= 15 is 0 Å². The zero-order chi connectivity index (χ0) is 14.8. The molecule has 0 atom stereocenters. The molecule has 3 rings (SSSR count). The number of benzene rings is 1. The summed E-state index contributed by atoms with van der Waals surface area (Å²) in [7, 11) is 0. The van der Waals surface area contributed by atoms with E-state index in [9.17, 15) is 4.79 Å². The highest BCUT2D eigenvalue weighted by molar-refractivity contribution is 9.10. The SMILES string of the molecule is O=C(CO)NCc1cnc2scc(-c3ccc(Br)cc3)n12. The van der Waals surface area contributed by atoms with Crippen molar-refractivity contribution in [2.75, 3.05) is 6.61 Å². The number of hydrogen-bond donors (Lipinski definition) is 2. The molecule has 7 heteroatoms. The van der Waals surface area contributed by atoms with Gasteiger partial charge >= 0.3 is 0 Å². The van der Waals surface area contributed by atoms with E-state index in [2.05, 4.69) is 26.2 Å². The number of aliphatic hydroxyl groups excluding tert-OH is 1. The van der Waals surface area contributed by atoms with E-state index in [0.717, 1.165) is 26.4 Å². The van der Waals surface area contributed by atoms with Crippen LogP contribution in [-0.2, 0) is 11.3 Å². The van der Waals surface area contributed by atoms with Gasteiger partial charge in [0.15, 0.2) is 4.96 Å². The van der Waals surface area contributed by atoms with Gasteiger partial charge in [0.1, 0.15) is 6.61 Å². The molecule has 0 bridgehead atoms. The minimum Gasteiger partial charge on any atom is -0.387 e. The Morgan fingerprint density at radius 2 is 2.14 bits per heavy atom. The fourth-order valence-electron chi connectivity index (χ4n) is 2.06. The van der Waals surface area contributed by atoms with Crippen molar-refractivity contribution in [3.05, 3.63) is 46.0 Å². The lowest BCUT2D eigenvalue weighted by atomic mass is 10.2. The quantitative estimate of drug-likeness (QED) is 0.746. The van der Waals surface area contributed by atoms with Gasteiger partial charge in [0.2, 0.25) is 5.91 Å². The highest BCUT2D eigenvalue weighted by Crippen LogP contribution is 2.28. The second-order valence-corrected chi connectivity index (χ2v) is 6.18. The first-order valence-electron chi connectivity index (χ1n) is 6.26. The molecule has 2 heterocycles. The Hall–Kier alpha value is -1.70. The first-order valence-corrected chi connectivity index (χ1v) is 7.93. The molecular formula is C14H12BrN3O2S. The maximum absolute atomic E-state index is 11.2. The van der Waals surface area contributed by atoms with E-state index in [-0.39, 0.29) is 0 Å². The van der Waals surface area contributed by atoms with Crippen molar-refractivity contribution in [2.45, 2.75) is 6.54 Å². The van der Waals surface area contributed by atoms with E-state index in [1.165, 1.54) is 0 Å². The summed E-state index contributed by atoms with van der Waals surface area (Å²) in [5, 5.41) is 13.5. The maximum atomic E-state index is 11.2. The zero-order valence-corrected chi connectivity index (χ0v) is 13.3. The molecule has 0 fully saturated rings. The molecule has 2 aromatic heterocycles. The number of fused-ring (bicyclic) bond motifs is 1. The van der Waals surface area contributed by atoms with Gasteiger partial charge in [-0.1, -0.05) is 28.1 Å². The van der Waals surface area contributed by atoms with Gasteiger partial charge in [-0.25, -0.2) is 4.98 Å². The second-order valence-electron chi connectivity index (χ2n) is 4.43. The lowest BCUT2D eigenvalue weighted by Crippen LogP contribution is -2.26. The summed E-state index contributed by atoms with van der Waals surface area (Å²) < 4.78 is 3.05. The molecule has 0 unspecified atom stereocenters. The fraction of sp³-hybridized carbons (Fsp3) is 0.143. The Bertz CT molecular complexity index is 779. The van der Waals surface area contributed by atoms with E-state index in [1.807, 2.05) is 34.0 Å². The summed E-state index contributed by atoms with van der Waals surface area (Å²) >= 11 is 4.98. The number of imidazole rings is 1. The Balaban J connectivity index is 1.98. The molecule has 0 spiro atoms. The van der Waals surface area contributed by atoms with E-state index in [4.69, 9.17) is 5.11 Å². The topological polar surface area (TPSA) is 66.6 Å².